The van der Waals surface area contributed by atoms with Crippen molar-refractivity contribution in [3.8, 4) is 5.75 Å². The van der Waals surface area contributed by atoms with Crippen LogP contribution in [0.1, 0.15) is 30.5 Å². The molecule has 0 aromatic heterocycles. The van der Waals surface area contributed by atoms with Crippen LogP contribution in [-0.4, -0.2) is 31.6 Å². The molecule has 0 aliphatic heterocycles. The van der Waals surface area contributed by atoms with E-state index in [0.717, 1.165) is 18.4 Å². The van der Waals surface area contributed by atoms with Crippen molar-refractivity contribution in [2.45, 2.75) is 31.8 Å². The van der Waals surface area contributed by atoms with Gasteiger partial charge in [0.1, 0.15) is 15.6 Å². The maximum atomic E-state index is 11.2. The van der Waals surface area contributed by atoms with Crippen LogP contribution in [0.2, 0.25) is 0 Å². The van der Waals surface area contributed by atoms with Crippen molar-refractivity contribution >= 4 is 9.84 Å². The smallest absolute Gasteiger partial charge is 0.148 e. The summed E-state index contributed by atoms with van der Waals surface area (Å²) in [5.74, 6) is 0.440. The second-order valence-electron chi connectivity index (χ2n) is 5.13. The molecular weight excluding hydrogens is 250 g/mol. The summed E-state index contributed by atoms with van der Waals surface area (Å²) in [5, 5.41) is 12.8. The van der Waals surface area contributed by atoms with Gasteiger partial charge in [0.15, 0.2) is 0 Å². The fourth-order valence-electron chi connectivity index (χ4n) is 2.62. The zero-order chi connectivity index (χ0) is 13.3. The van der Waals surface area contributed by atoms with Crippen LogP contribution < -0.4 is 5.32 Å². The molecule has 1 aromatic rings. The standard InChI is InChI=1S/C13H19NO3S/c1-9(8-18(2,16)17)14-13-6-3-10-7-11(15)4-5-12(10)13/h4-5,7,9,13-15H,3,6,8H2,1-2H3. The molecule has 5 heteroatoms. The van der Waals surface area contributed by atoms with Gasteiger partial charge in [0.2, 0.25) is 0 Å². The minimum absolute atomic E-state index is 0.0650. The van der Waals surface area contributed by atoms with Crippen molar-refractivity contribution in [1.82, 2.24) is 5.32 Å². The van der Waals surface area contributed by atoms with Crippen LogP contribution in [0.25, 0.3) is 0 Å². The first-order valence-corrected chi connectivity index (χ1v) is 8.17. The van der Waals surface area contributed by atoms with Gasteiger partial charge >= 0.3 is 0 Å². The second-order valence-corrected chi connectivity index (χ2v) is 7.32. The van der Waals surface area contributed by atoms with Crippen molar-refractivity contribution in [1.29, 1.82) is 0 Å². The zero-order valence-corrected chi connectivity index (χ0v) is 11.5. The predicted octanol–water partition coefficient (Wildman–Crippen LogP) is 1.40. The van der Waals surface area contributed by atoms with E-state index in [-0.39, 0.29) is 17.8 Å². The lowest BCUT2D eigenvalue weighted by molar-refractivity contribution is 0.470. The SMILES string of the molecule is CC(CS(C)(=O)=O)NC1CCc2cc(O)ccc21. The van der Waals surface area contributed by atoms with E-state index >= 15 is 0 Å². The highest BCUT2D eigenvalue weighted by Crippen LogP contribution is 2.33. The molecule has 18 heavy (non-hydrogen) atoms. The van der Waals surface area contributed by atoms with Crippen LogP contribution >= 0.6 is 0 Å². The molecule has 0 saturated heterocycles. The summed E-state index contributed by atoms with van der Waals surface area (Å²) < 4.78 is 22.5. The molecule has 1 aliphatic rings. The number of hydrogen-bond acceptors (Lipinski definition) is 4. The van der Waals surface area contributed by atoms with Crippen LogP contribution in [0.3, 0.4) is 0 Å². The van der Waals surface area contributed by atoms with Gasteiger partial charge in [-0.05, 0) is 43.0 Å². The Morgan fingerprint density at radius 1 is 1.50 bits per heavy atom. The summed E-state index contributed by atoms with van der Waals surface area (Å²) in [6, 6.07) is 5.52. The summed E-state index contributed by atoms with van der Waals surface area (Å²) >= 11 is 0. The third-order valence-electron chi connectivity index (χ3n) is 3.24. The Kier molecular flexibility index (Phi) is 3.64. The largest absolute Gasteiger partial charge is 0.508 e. The lowest BCUT2D eigenvalue weighted by atomic mass is 10.1. The van der Waals surface area contributed by atoms with Crippen LogP contribution in [0.15, 0.2) is 18.2 Å². The highest BCUT2D eigenvalue weighted by atomic mass is 32.2. The highest BCUT2D eigenvalue weighted by Gasteiger charge is 2.24. The first kappa shape index (κ1) is 13.4. The Balaban J connectivity index is 2.06. The highest BCUT2D eigenvalue weighted by molar-refractivity contribution is 7.90. The number of phenols is 1. The summed E-state index contributed by atoms with van der Waals surface area (Å²) in [6.07, 6.45) is 3.13. The summed E-state index contributed by atoms with van der Waals surface area (Å²) in [6.45, 7) is 1.89. The summed E-state index contributed by atoms with van der Waals surface area (Å²) in [4.78, 5) is 0. The van der Waals surface area contributed by atoms with E-state index in [0.29, 0.717) is 5.75 Å². The second kappa shape index (κ2) is 4.90. The molecule has 1 aromatic carbocycles. The van der Waals surface area contributed by atoms with Crippen LogP contribution in [-0.2, 0) is 16.3 Å². The number of nitrogens with one attached hydrogen (secondary N) is 1. The molecule has 2 unspecified atom stereocenters. The Hall–Kier alpha value is -1.07. The number of aromatic hydroxyl groups is 1. The maximum Gasteiger partial charge on any atom is 0.148 e. The Morgan fingerprint density at radius 2 is 2.22 bits per heavy atom. The van der Waals surface area contributed by atoms with Crippen LogP contribution in [0.4, 0.5) is 0 Å². The van der Waals surface area contributed by atoms with Crippen molar-refractivity contribution in [3.05, 3.63) is 29.3 Å². The topological polar surface area (TPSA) is 66.4 Å². The zero-order valence-electron chi connectivity index (χ0n) is 10.7. The van der Waals surface area contributed by atoms with Crippen LogP contribution in [0, 0.1) is 0 Å². The van der Waals surface area contributed by atoms with Crippen molar-refractivity contribution < 1.29 is 13.5 Å². The lowest BCUT2D eigenvalue weighted by Gasteiger charge is -2.19. The van der Waals surface area contributed by atoms with Gasteiger partial charge < -0.3 is 10.4 Å². The molecule has 4 nitrogen and oxygen atoms in total. The number of aryl methyl sites for hydroxylation is 1. The average Bonchev–Trinajstić information content (AvgIpc) is 2.57. The maximum absolute atomic E-state index is 11.2. The van der Waals surface area contributed by atoms with Gasteiger partial charge in [0.05, 0.1) is 5.75 Å². The molecule has 0 saturated carbocycles. The van der Waals surface area contributed by atoms with Gasteiger partial charge in [-0.2, -0.15) is 0 Å². The molecule has 0 fully saturated rings. The molecule has 2 rings (SSSR count). The van der Waals surface area contributed by atoms with Gasteiger partial charge in [-0.15, -0.1) is 0 Å². The number of fused-ring (bicyclic) bond motifs is 1. The Labute approximate surface area is 108 Å². The van der Waals surface area contributed by atoms with Crippen LogP contribution in [0.5, 0.6) is 5.75 Å². The first-order chi connectivity index (χ1) is 8.35. The third kappa shape index (κ3) is 3.23. The van der Waals surface area contributed by atoms with E-state index in [4.69, 9.17) is 0 Å². The van der Waals surface area contributed by atoms with Crippen molar-refractivity contribution in [3.63, 3.8) is 0 Å². The molecular formula is C13H19NO3S. The Bertz CT molecular complexity index is 539. The molecule has 100 valence electrons. The number of rotatable bonds is 4. The summed E-state index contributed by atoms with van der Waals surface area (Å²) in [7, 11) is -2.95. The summed E-state index contributed by atoms with van der Waals surface area (Å²) in [5.41, 5.74) is 2.33. The molecule has 0 radical (unpaired) electrons. The Morgan fingerprint density at radius 3 is 2.89 bits per heavy atom. The van der Waals surface area contributed by atoms with E-state index in [9.17, 15) is 13.5 Å². The number of hydrogen-bond donors (Lipinski definition) is 2. The minimum Gasteiger partial charge on any atom is -0.508 e. The van der Waals surface area contributed by atoms with E-state index in [1.54, 1.807) is 12.1 Å². The number of sulfone groups is 1. The first-order valence-electron chi connectivity index (χ1n) is 6.11. The normalized spacial score (nSPS) is 20.7. The number of phenolic OH excluding ortho intramolecular Hbond substituents is 1. The van der Waals surface area contributed by atoms with E-state index in [1.165, 1.54) is 11.8 Å². The van der Waals surface area contributed by atoms with Crippen molar-refractivity contribution in [2.75, 3.05) is 12.0 Å². The minimum atomic E-state index is -2.95. The number of benzene rings is 1. The molecule has 1 aliphatic carbocycles. The molecule has 2 atom stereocenters. The van der Waals surface area contributed by atoms with Gasteiger partial charge in [0, 0.05) is 18.3 Å². The van der Waals surface area contributed by atoms with Gasteiger partial charge in [-0.25, -0.2) is 8.42 Å². The fourth-order valence-corrected chi connectivity index (χ4v) is 3.63. The monoisotopic (exact) mass is 269 g/mol. The lowest BCUT2D eigenvalue weighted by Crippen LogP contribution is -2.34. The predicted molar refractivity (Wildman–Crippen MR) is 71.5 cm³/mol. The van der Waals surface area contributed by atoms with Gasteiger partial charge in [-0.1, -0.05) is 6.07 Å². The fraction of sp³-hybridized carbons (Fsp3) is 0.538. The van der Waals surface area contributed by atoms with Gasteiger partial charge in [0.25, 0.3) is 0 Å². The average molecular weight is 269 g/mol. The van der Waals surface area contributed by atoms with E-state index in [1.807, 2.05) is 13.0 Å². The van der Waals surface area contributed by atoms with E-state index in [2.05, 4.69) is 5.32 Å². The van der Waals surface area contributed by atoms with Crippen molar-refractivity contribution in [2.24, 2.45) is 0 Å². The van der Waals surface area contributed by atoms with Gasteiger partial charge in [-0.3, -0.25) is 0 Å². The molecule has 0 bridgehead atoms. The quantitative estimate of drug-likeness (QED) is 0.867. The molecule has 0 heterocycles. The molecule has 2 N–H and O–H groups in total. The molecule has 0 amide bonds. The molecule has 0 spiro atoms. The van der Waals surface area contributed by atoms with E-state index < -0.39 is 9.84 Å². The third-order valence-corrected chi connectivity index (χ3v) is 4.35.